The highest BCUT2D eigenvalue weighted by Crippen LogP contribution is 2.23. The third kappa shape index (κ3) is 5.05. The molecule has 1 heterocycles. The molecule has 0 saturated heterocycles. The van der Waals surface area contributed by atoms with Gasteiger partial charge < -0.3 is 24.3 Å². The number of aromatic hydroxyl groups is 1. The van der Waals surface area contributed by atoms with E-state index in [0.717, 1.165) is 5.56 Å². The zero-order chi connectivity index (χ0) is 23.4. The number of rotatable bonds is 7. The molecule has 0 aliphatic rings. The number of aliphatic hydroxyl groups excluding tert-OH is 1. The predicted octanol–water partition coefficient (Wildman–Crippen LogP) is 3.74. The molecule has 7 nitrogen and oxygen atoms in total. The number of aliphatic hydroxyl groups is 1. The third-order valence-corrected chi connectivity index (χ3v) is 5.34. The van der Waals surface area contributed by atoms with Gasteiger partial charge in [0.1, 0.15) is 23.3 Å². The number of hydrogen-bond donors (Lipinski definition) is 2. The van der Waals surface area contributed by atoms with E-state index in [1.165, 1.54) is 23.3 Å². The summed E-state index contributed by atoms with van der Waals surface area (Å²) in [7, 11) is 1.57. The lowest BCUT2D eigenvalue weighted by molar-refractivity contribution is -0.133. The van der Waals surface area contributed by atoms with Crippen molar-refractivity contribution < 1.29 is 24.2 Å². The SMILES string of the molecule is CN(CC(O)c1ccc(O)cc1)C(=O)COc1ccc2c(=O)c(-c3ccccc3)coc2c1. The minimum atomic E-state index is -0.895. The smallest absolute Gasteiger partial charge is 0.260 e. The van der Waals surface area contributed by atoms with Crippen molar-refractivity contribution in [1.29, 1.82) is 0 Å². The first-order chi connectivity index (χ1) is 15.9. The fourth-order valence-electron chi connectivity index (χ4n) is 3.43. The van der Waals surface area contributed by atoms with Crippen LogP contribution in [0.4, 0.5) is 0 Å². The van der Waals surface area contributed by atoms with E-state index in [0.29, 0.717) is 27.8 Å². The predicted molar refractivity (Wildman–Crippen MR) is 124 cm³/mol. The summed E-state index contributed by atoms with van der Waals surface area (Å²) in [6.07, 6.45) is 0.529. The van der Waals surface area contributed by atoms with Crippen molar-refractivity contribution in [2.24, 2.45) is 0 Å². The molecule has 0 spiro atoms. The maximum atomic E-state index is 12.8. The van der Waals surface area contributed by atoms with Crippen molar-refractivity contribution >= 4 is 16.9 Å². The topological polar surface area (TPSA) is 100 Å². The van der Waals surface area contributed by atoms with Gasteiger partial charge in [0.2, 0.25) is 0 Å². The number of ether oxygens (including phenoxy) is 1. The summed E-state index contributed by atoms with van der Waals surface area (Å²) in [4.78, 5) is 26.6. The van der Waals surface area contributed by atoms with Gasteiger partial charge in [0, 0.05) is 13.1 Å². The van der Waals surface area contributed by atoms with Crippen LogP contribution in [-0.2, 0) is 4.79 Å². The Bertz CT molecular complexity index is 1310. The van der Waals surface area contributed by atoms with Gasteiger partial charge in [0.25, 0.3) is 5.91 Å². The highest BCUT2D eigenvalue weighted by Gasteiger charge is 2.16. The van der Waals surface area contributed by atoms with Crippen LogP contribution in [0.15, 0.2) is 88.3 Å². The molecule has 1 aromatic heterocycles. The fourth-order valence-corrected chi connectivity index (χ4v) is 3.43. The lowest BCUT2D eigenvalue weighted by Crippen LogP contribution is -2.34. The first-order valence-electron chi connectivity index (χ1n) is 10.4. The Morgan fingerprint density at radius 1 is 1.06 bits per heavy atom. The molecule has 0 fully saturated rings. The molecule has 2 N–H and O–H groups in total. The number of fused-ring (bicyclic) bond motifs is 1. The second-order valence-electron chi connectivity index (χ2n) is 7.67. The highest BCUT2D eigenvalue weighted by atomic mass is 16.5. The van der Waals surface area contributed by atoms with Crippen LogP contribution in [0.2, 0.25) is 0 Å². The Morgan fingerprint density at radius 2 is 1.79 bits per heavy atom. The maximum Gasteiger partial charge on any atom is 0.260 e. The minimum absolute atomic E-state index is 0.0713. The molecule has 7 heteroatoms. The molecular weight excluding hydrogens is 422 g/mol. The Kier molecular flexibility index (Phi) is 6.42. The lowest BCUT2D eigenvalue weighted by atomic mass is 10.1. The van der Waals surface area contributed by atoms with E-state index in [9.17, 15) is 19.8 Å². The lowest BCUT2D eigenvalue weighted by Gasteiger charge is -2.21. The first-order valence-corrected chi connectivity index (χ1v) is 10.4. The van der Waals surface area contributed by atoms with Gasteiger partial charge in [-0.05, 0) is 35.4 Å². The molecule has 168 valence electrons. The zero-order valence-electron chi connectivity index (χ0n) is 18.0. The molecule has 33 heavy (non-hydrogen) atoms. The van der Waals surface area contributed by atoms with Crippen LogP contribution in [0.5, 0.6) is 11.5 Å². The van der Waals surface area contributed by atoms with Gasteiger partial charge in [-0.15, -0.1) is 0 Å². The van der Waals surface area contributed by atoms with Crippen LogP contribution in [0.25, 0.3) is 22.1 Å². The van der Waals surface area contributed by atoms with E-state index in [-0.39, 0.29) is 30.2 Å². The van der Waals surface area contributed by atoms with Crippen molar-refractivity contribution in [3.05, 3.63) is 94.8 Å². The number of hydrogen-bond acceptors (Lipinski definition) is 6. The first kappa shape index (κ1) is 22.1. The molecule has 1 atom stereocenters. The Labute approximate surface area is 190 Å². The molecule has 4 aromatic rings. The molecule has 0 aliphatic heterocycles. The molecule has 0 saturated carbocycles. The number of benzene rings is 3. The second-order valence-corrected chi connectivity index (χ2v) is 7.67. The van der Waals surface area contributed by atoms with Crippen molar-refractivity contribution in [2.75, 3.05) is 20.2 Å². The van der Waals surface area contributed by atoms with Crippen molar-refractivity contribution in [1.82, 2.24) is 4.90 Å². The second kappa shape index (κ2) is 9.58. The minimum Gasteiger partial charge on any atom is -0.508 e. The summed E-state index contributed by atoms with van der Waals surface area (Å²) in [5, 5.41) is 20.1. The largest absolute Gasteiger partial charge is 0.508 e. The number of phenols is 1. The highest BCUT2D eigenvalue weighted by molar-refractivity contribution is 5.83. The summed E-state index contributed by atoms with van der Waals surface area (Å²) in [5.41, 5.74) is 2.05. The van der Waals surface area contributed by atoms with Gasteiger partial charge in [-0.2, -0.15) is 0 Å². The average molecular weight is 445 g/mol. The standard InChI is InChI=1S/C26H23NO6/c1-27(14-23(29)18-7-9-19(28)10-8-18)25(30)16-32-20-11-12-21-24(13-20)33-15-22(26(21)31)17-5-3-2-4-6-17/h2-13,15,23,28-29H,14,16H2,1H3. The Hall–Kier alpha value is -4.10. The monoisotopic (exact) mass is 445 g/mol. The van der Waals surface area contributed by atoms with E-state index in [1.54, 1.807) is 37.4 Å². The molecule has 0 bridgehead atoms. The molecule has 3 aromatic carbocycles. The Morgan fingerprint density at radius 3 is 2.52 bits per heavy atom. The molecular formula is C26H23NO6. The molecule has 0 aliphatic carbocycles. The van der Waals surface area contributed by atoms with Crippen molar-refractivity contribution in [3.8, 4) is 22.6 Å². The molecule has 0 radical (unpaired) electrons. The van der Waals surface area contributed by atoms with Crippen LogP contribution in [0.1, 0.15) is 11.7 Å². The number of phenolic OH excluding ortho intramolecular Hbond substituents is 1. The third-order valence-electron chi connectivity index (χ3n) is 5.34. The molecule has 4 rings (SSSR count). The van der Waals surface area contributed by atoms with Gasteiger partial charge in [0.05, 0.1) is 23.6 Å². The van der Waals surface area contributed by atoms with E-state index < -0.39 is 6.10 Å². The van der Waals surface area contributed by atoms with Gasteiger partial charge in [-0.3, -0.25) is 9.59 Å². The fraction of sp³-hybridized carbons (Fsp3) is 0.154. The van der Waals surface area contributed by atoms with Gasteiger partial charge in [-0.1, -0.05) is 42.5 Å². The summed E-state index contributed by atoms with van der Waals surface area (Å²) >= 11 is 0. The van der Waals surface area contributed by atoms with Crippen LogP contribution in [0.3, 0.4) is 0 Å². The van der Waals surface area contributed by atoms with E-state index >= 15 is 0 Å². The van der Waals surface area contributed by atoms with Gasteiger partial charge >= 0.3 is 0 Å². The summed E-state index contributed by atoms with van der Waals surface area (Å²) in [6.45, 7) is -0.168. The van der Waals surface area contributed by atoms with Crippen LogP contribution in [0, 0.1) is 0 Å². The summed E-state index contributed by atoms with van der Waals surface area (Å²) < 4.78 is 11.2. The quantitative estimate of drug-likeness (QED) is 0.450. The summed E-state index contributed by atoms with van der Waals surface area (Å²) in [6, 6.07) is 20.2. The van der Waals surface area contributed by atoms with Gasteiger partial charge in [0.15, 0.2) is 12.0 Å². The number of nitrogens with zero attached hydrogens (tertiary/aromatic N) is 1. The van der Waals surface area contributed by atoms with E-state index in [2.05, 4.69) is 0 Å². The van der Waals surface area contributed by atoms with Crippen molar-refractivity contribution in [2.45, 2.75) is 6.10 Å². The number of carbonyl (C=O) groups excluding carboxylic acids is 1. The van der Waals surface area contributed by atoms with Crippen LogP contribution >= 0.6 is 0 Å². The van der Waals surface area contributed by atoms with Gasteiger partial charge in [-0.25, -0.2) is 0 Å². The van der Waals surface area contributed by atoms with E-state index in [4.69, 9.17) is 9.15 Å². The number of carbonyl (C=O) groups is 1. The van der Waals surface area contributed by atoms with E-state index in [1.807, 2.05) is 30.3 Å². The molecule has 1 amide bonds. The number of likely N-dealkylation sites (N-methyl/N-ethyl adjacent to an activating group) is 1. The maximum absolute atomic E-state index is 12.8. The Balaban J connectivity index is 1.41. The van der Waals surface area contributed by atoms with Crippen LogP contribution in [-0.4, -0.2) is 41.2 Å². The normalized spacial score (nSPS) is 11.8. The number of amides is 1. The average Bonchev–Trinajstić information content (AvgIpc) is 2.83. The molecule has 1 unspecified atom stereocenters. The zero-order valence-corrected chi connectivity index (χ0v) is 18.0. The summed E-state index contributed by atoms with van der Waals surface area (Å²) in [5.74, 6) is 0.166. The van der Waals surface area contributed by atoms with Crippen molar-refractivity contribution in [3.63, 3.8) is 0 Å². The van der Waals surface area contributed by atoms with Crippen LogP contribution < -0.4 is 10.2 Å².